The number of fused-ring (bicyclic) bond motifs is 1. The van der Waals surface area contributed by atoms with E-state index in [9.17, 15) is 68.9 Å². The molecule has 1 atom stereocenters. The maximum Gasteiger partial charge on any atom is 0.355 e. The fraction of sp³-hybridized carbons (Fsp3) is 0.162. The van der Waals surface area contributed by atoms with Crippen LogP contribution in [0, 0.1) is 0 Å². The predicted molar refractivity (Wildman–Crippen MR) is 236 cm³/mol. The number of carbonyl (C=O) groups is 2. The lowest BCUT2D eigenvalue weighted by Gasteiger charge is -2.14. The molecule has 0 fully saturated rings. The second kappa shape index (κ2) is 21.6. The van der Waals surface area contributed by atoms with Crippen molar-refractivity contribution in [3.63, 3.8) is 0 Å². The van der Waals surface area contributed by atoms with Gasteiger partial charge in [0.2, 0.25) is 6.04 Å². The fourth-order valence-corrected chi connectivity index (χ4v) is 8.50. The van der Waals surface area contributed by atoms with Crippen LogP contribution in [0.3, 0.4) is 0 Å². The van der Waals surface area contributed by atoms with E-state index in [1.54, 1.807) is 0 Å². The Morgan fingerprint density at radius 3 is 1.89 bits per heavy atom. The average Bonchev–Trinajstić information content (AvgIpc) is 3.65. The number of aliphatic hydroxyl groups is 2. The maximum atomic E-state index is 13.4. The zero-order chi connectivity index (χ0) is 51.1. The van der Waals surface area contributed by atoms with Crippen molar-refractivity contribution in [2.75, 3.05) is 38.5 Å². The summed E-state index contributed by atoms with van der Waals surface area (Å²) in [6, 6.07) is 10.4. The van der Waals surface area contributed by atoms with E-state index in [0.717, 1.165) is 60.7 Å². The molecule has 1 aliphatic heterocycles. The predicted octanol–water partition coefficient (Wildman–Crippen LogP) is 5.24. The average molecular weight is 1050 g/mol. The lowest BCUT2D eigenvalue weighted by Crippen LogP contribution is -2.33. The van der Waals surface area contributed by atoms with E-state index >= 15 is 0 Å². The summed E-state index contributed by atoms with van der Waals surface area (Å²) in [7, 11) is -13.6. The Morgan fingerprint density at radius 1 is 0.743 bits per heavy atom. The van der Waals surface area contributed by atoms with Crippen LogP contribution < -0.4 is 19.2 Å². The number of phenolic OH excluding ortho intramolecular Hbond substituents is 1. The van der Waals surface area contributed by atoms with Crippen molar-refractivity contribution in [2.45, 2.75) is 25.6 Å². The second-order valence-corrected chi connectivity index (χ2v) is 18.4. The Balaban J connectivity index is 1.44. The molecule has 70 heavy (non-hydrogen) atoms. The molecule has 1 unspecified atom stereocenters. The van der Waals surface area contributed by atoms with Crippen molar-refractivity contribution in [1.82, 2.24) is 0 Å². The number of hydrazone groups is 1. The van der Waals surface area contributed by atoms with E-state index < -0.39 is 109 Å². The first kappa shape index (κ1) is 52.2. The highest BCUT2D eigenvalue weighted by Crippen LogP contribution is 2.49. The van der Waals surface area contributed by atoms with Gasteiger partial charge in [0.05, 0.1) is 47.8 Å². The molecule has 5 aromatic rings. The third-order valence-corrected chi connectivity index (χ3v) is 12.4. The van der Waals surface area contributed by atoms with Crippen LogP contribution in [0.1, 0.15) is 0 Å². The van der Waals surface area contributed by atoms with Crippen LogP contribution >= 0.6 is 12.0 Å². The van der Waals surface area contributed by atoms with Crippen LogP contribution in [0.2, 0.25) is 0 Å². The van der Waals surface area contributed by atoms with Crippen molar-refractivity contribution in [3.05, 3.63) is 72.8 Å². The van der Waals surface area contributed by atoms with Gasteiger partial charge in [0.15, 0.2) is 11.5 Å². The molecular weight excluding hydrogens is 1020 g/mol. The minimum atomic E-state index is -5.40. The van der Waals surface area contributed by atoms with Gasteiger partial charge in [0.25, 0.3) is 36.3 Å². The van der Waals surface area contributed by atoms with E-state index in [1.165, 1.54) is 19.2 Å². The first-order chi connectivity index (χ1) is 33.1. The number of amides is 1. The Labute approximate surface area is 396 Å². The Kier molecular flexibility index (Phi) is 16.2. The molecule has 29 nitrogen and oxygen atoms in total. The normalized spacial score (nSPS) is 14.6. The smallest absolute Gasteiger partial charge is 0.355 e. The third kappa shape index (κ3) is 11.8. The quantitative estimate of drug-likeness (QED) is 0.0153. The number of carboxylic acids is 1. The van der Waals surface area contributed by atoms with Crippen LogP contribution in [0.5, 0.6) is 23.0 Å². The number of aliphatic hydroxyl groups excluding tert-OH is 2. The molecule has 0 spiro atoms. The highest BCUT2D eigenvalue weighted by molar-refractivity contribution is 7.94. The summed E-state index contributed by atoms with van der Waals surface area (Å²) in [5, 5.41) is 80.0. The summed E-state index contributed by atoms with van der Waals surface area (Å²) >= 11 is 0.111. The van der Waals surface area contributed by atoms with Crippen molar-refractivity contribution < 1.29 is 97.8 Å². The zero-order valence-electron chi connectivity index (χ0n) is 34.9. The van der Waals surface area contributed by atoms with E-state index in [-0.39, 0.29) is 70.6 Å². The molecule has 33 heteroatoms. The Morgan fingerprint density at radius 2 is 1.34 bits per heavy atom. The number of anilines is 1. The van der Waals surface area contributed by atoms with E-state index in [2.05, 4.69) is 45.2 Å². The molecule has 1 aliphatic rings. The number of benzene rings is 5. The van der Waals surface area contributed by atoms with Crippen molar-refractivity contribution in [3.8, 4) is 23.0 Å². The highest BCUT2D eigenvalue weighted by Gasteiger charge is 2.41. The van der Waals surface area contributed by atoms with Gasteiger partial charge in [-0.25, -0.2) is 10.1 Å². The second-order valence-electron chi connectivity index (χ2n) is 13.4. The van der Waals surface area contributed by atoms with Gasteiger partial charge in [-0.2, -0.15) is 45.6 Å². The van der Waals surface area contributed by atoms with Gasteiger partial charge in [-0.1, -0.05) is 5.04 Å². The number of aliphatic carboxylic acids is 1. The molecule has 0 saturated carbocycles. The minimum Gasteiger partial charge on any atom is -0.505 e. The molecule has 0 bridgehead atoms. The summed E-state index contributed by atoms with van der Waals surface area (Å²) in [6.07, 6.45) is 0. The van der Waals surface area contributed by atoms with E-state index in [1.807, 2.05) is 0 Å². The van der Waals surface area contributed by atoms with Gasteiger partial charge in [-0.3, -0.25) is 18.5 Å². The van der Waals surface area contributed by atoms with Crippen LogP contribution in [-0.4, -0.2) is 122 Å². The number of hydrogen-bond acceptors (Lipinski definition) is 25. The lowest BCUT2D eigenvalue weighted by molar-refractivity contribution is -0.432. The largest absolute Gasteiger partial charge is 0.505 e. The number of rotatable bonds is 21. The maximum absolute atomic E-state index is 13.4. The summed E-state index contributed by atoms with van der Waals surface area (Å²) in [6.45, 7) is -1.78. The zero-order valence-corrected chi connectivity index (χ0v) is 38.2. The van der Waals surface area contributed by atoms with Crippen LogP contribution in [0.15, 0.2) is 128 Å². The SMILES string of the molecule is COc1ccc(N=Nc2cc(OCCO)c(N=Nc3c(SOOO)cc4c(S(=O)(=O)O)c(N=NC5C(=O)N(c6ccc(S(=O)(=O)O)cc6)N=C5C(=O)O)ccc4c3O)cc2OCCO)c(S(=O)(=O)O)c1. The number of nitrogens with zero attached hydrogens (tertiary/aromatic N) is 8. The Hall–Kier alpha value is -7.15. The van der Waals surface area contributed by atoms with Crippen molar-refractivity contribution >= 4 is 105 Å². The molecule has 0 aromatic heterocycles. The van der Waals surface area contributed by atoms with E-state index in [0.29, 0.717) is 5.01 Å². The molecule has 6 rings (SSSR count). The first-order valence-corrected chi connectivity index (χ1v) is 23.9. The number of ether oxygens (including phenoxy) is 3. The molecule has 0 saturated heterocycles. The molecule has 0 aliphatic carbocycles. The van der Waals surface area contributed by atoms with Crippen molar-refractivity contribution in [2.24, 2.45) is 35.8 Å². The summed E-state index contributed by atoms with van der Waals surface area (Å²) in [4.78, 5) is 22.8. The highest BCUT2D eigenvalue weighted by atomic mass is 32.2. The summed E-state index contributed by atoms with van der Waals surface area (Å²) in [5.41, 5.74) is -3.14. The molecule has 370 valence electrons. The molecule has 1 amide bonds. The van der Waals surface area contributed by atoms with Crippen LogP contribution in [0.4, 0.5) is 34.1 Å². The number of phenols is 1. The first-order valence-electron chi connectivity index (χ1n) is 18.8. The lowest BCUT2D eigenvalue weighted by atomic mass is 10.1. The molecule has 1 heterocycles. The number of azo groups is 3. The summed E-state index contributed by atoms with van der Waals surface area (Å²) in [5.74, 6) is -4.16. The molecular formula is C37H32N8O21S4. The Bertz CT molecular complexity index is 3340. The van der Waals surface area contributed by atoms with Gasteiger partial charge < -0.3 is 34.6 Å². The van der Waals surface area contributed by atoms with Gasteiger partial charge >= 0.3 is 5.97 Å². The number of hydrogen-bond donors (Lipinski definition) is 8. The van der Waals surface area contributed by atoms with Crippen LogP contribution in [-0.2, 0) is 49.3 Å². The number of methoxy groups -OCH3 is 1. The number of carbonyl (C=O) groups excluding carboxylic acids is 1. The molecule has 0 radical (unpaired) electrons. The van der Waals surface area contributed by atoms with Gasteiger partial charge in [-0.15, -0.1) is 24.8 Å². The topological polar surface area (TPSA) is 434 Å². The molecule has 5 aromatic carbocycles. The van der Waals surface area contributed by atoms with Crippen molar-refractivity contribution in [1.29, 1.82) is 0 Å². The van der Waals surface area contributed by atoms with E-state index in [4.69, 9.17) is 19.5 Å². The van der Waals surface area contributed by atoms with Gasteiger partial charge in [-0.05, 0) is 54.6 Å². The fourth-order valence-electron chi connectivity index (χ4n) is 6.08. The number of aromatic hydroxyl groups is 1. The number of carboxylic acid groups (broad SMARTS) is 1. The monoisotopic (exact) mass is 1050 g/mol. The third-order valence-electron chi connectivity index (χ3n) is 9.07. The van der Waals surface area contributed by atoms with Gasteiger partial charge in [0.1, 0.15) is 68.7 Å². The standard InChI is InChI=1S/C37H32N8O21S4/c1-62-19-4-8-23(30(14-19)69(56,57)58)38-40-25-16-28(64-13-11-47)26(17-27(25)63-12-10-46)41-42-31-29(67-66-65-52)15-22-21(34(31)48)7-9-24(35(22)70(59,60)61)39-43-32-33(37(50)51)44-45(36(32)49)18-2-5-20(6-3-18)68(53,54)55/h2-9,14-17,32,46-48,52H,10-13H2,1H3,(H,50,51)(H,53,54,55)(H,56,57,58)(H,59,60,61). The van der Waals surface area contributed by atoms with Gasteiger partial charge in [0, 0.05) is 29.0 Å². The minimum absolute atomic E-state index is 0.0581. The molecule has 8 N–H and O–H groups in total. The van der Waals surface area contributed by atoms with Crippen LogP contribution in [0.25, 0.3) is 10.8 Å². The summed E-state index contributed by atoms with van der Waals surface area (Å²) < 4.78 is 123.